The minimum atomic E-state index is 0.365. The molecule has 0 atom stereocenters. The highest BCUT2D eigenvalue weighted by Crippen LogP contribution is 2.28. The molecule has 0 aliphatic heterocycles. The van der Waals surface area contributed by atoms with E-state index >= 15 is 0 Å². The van der Waals surface area contributed by atoms with Gasteiger partial charge in [-0.3, -0.25) is 0 Å². The lowest BCUT2D eigenvalue weighted by atomic mass is 10.1. The number of thiazole rings is 1. The van der Waals surface area contributed by atoms with Crippen LogP contribution in [0.2, 0.25) is 0 Å². The van der Waals surface area contributed by atoms with Crippen LogP contribution in [-0.4, -0.2) is 33.5 Å². The molecule has 2 heterocycles. The van der Waals surface area contributed by atoms with Crippen molar-refractivity contribution in [3.63, 3.8) is 0 Å². The van der Waals surface area contributed by atoms with Crippen molar-refractivity contribution in [2.45, 2.75) is 27.0 Å². The molecule has 0 amide bonds. The van der Waals surface area contributed by atoms with Crippen molar-refractivity contribution in [1.82, 2.24) is 19.7 Å². The number of ether oxygens (including phenoxy) is 2. The lowest BCUT2D eigenvalue weighted by Gasteiger charge is -2.10. The van der Waals surface area contributed by atoms with Gasteiger partial charge < -0.3 is 9.47 Å². The van der Waals surface area contributed by atoms with Gasteiger partial charge >= 0.3 is 0 Å². The first kappa shape index (κ1) is 20.3. The van der Waals surface area contributed by atoms with E-state index in [9.17, 15) is 0 Å². The van der Waals surface area contributed by atoms with Gasteiger partial charge in [0.25, 0.3) is 0 Å². The molecule has 4 aromatic rings. The Bertz CT molecular complexity index is 1140. The van der Waals surface area contributed by atoms with Crippen LogP contribution < -0.4 is 4.74 Å². The molecule has 0 saturated carbocycles. The fourth-order valence-electron chi connectivity index (χ4n) is 3.19. The summed E-state index contributed by atoms with van der Waals surface area (Å²) in [5, 5.41) is 7.68. The minimum absolute atomic E-state index is 0.365. The normalized spacial score (nSPS) is 11.0. The standard InChI is InChI=1S/C23H24N4O2S/c1-16-7-4-5-10-20(16)29-12-11-27-22(25-21(26-27)14-28-3)18-8-6-9-19(13-18)23-24-17(2)15-30-23/h4-10,13,15H,11-12,14H2,1-3H3. The van der Waals surface area contributed by atoms with E-state index in [1.807, 2.05) is 54.9 Å². The van der Waals surface area contributed by atoms with Gasteiger partial charge in [-0.25, -0.2) is 14.6 Å². The lowest BCUT2D eigenvalue weighted by molar-refractivity contribution is 0.177. The van der Waals surface area contributed by atoms with E-state index in [1.165, 1.54) is 0 Å². The van der Waals surface area contributed by atoms with E-state index in [2.05, 4.69) is 27.6 Å². The third kappa shape index (κ3) is 4.58. The van der Waals surface area contributed by atoms with Crippen molar-refractivity contribution in [3.8, 4) is 27.7 Å². The molecule has 0 fully saturated rings. The van der Waals surface area contributed by atoms with E-state index in [1.54, 1.807) is 18.4 Å². The second kappa shape index (κ2) is 9.19. The van der Waals surface area contributed by atoms with Gasteiger partial charge in [0.2, 0.25) is 0 Å². The van der Waals surface area contributed by atoms with Crippen molar-refractivity contribution in [3.05, 3.63) is 71.0 Å². The van der Waals surface area contributed by atoms with Crippen LogP contribution in [0.25, 0.3) is 22.0 Å². The summed E-state index contributed by atoms with van der Waals surface area (Å²) in [6.07, 6.45) is 0. The van der Waals surface area contributed by atoms with Crippen molar-refractivity contribution >= 4 is 11.3 Å². The molecule has 4 rings (SSSR count). The van der Waals surface area contributed by atoms with Gasteiger partial charge in [0.05, 0.1) is 6.54 Å². The number of hydrogen-bond acceptors (Lipinski definition) is 6. The summed E-state index contributed by atoms with van der Waals surface area (Å²) in [5.74, 6) is 2.34. The van der Waals surface area contributed by atoms with E-state index < -0.39 is 0 Å². The highest BCUT2D eigenvalue weighted by Gasteiger charge is 2.14. The fraction of sp³-hybridized carbons (Fsp3) is 0.261. The Labute approximate surface area is 180 Å². The molecule has 0 spiro atoms. The van der Waals surface area contributed by atoms with Crippen molar-refractivity contribution in [2.24, 2.45) is 0 Å². The van der Waals surface area contributed by atoms with Crippen molar-refractivity contribution < 1.29 is 9.47 Å². The maximum Gasteiger partial charge on any atom is 0.176 e. The third-order valence-electron chi connectivity index (χ3n) is 4.63. The molecule has 0 unspecified atom stereocenters. The molecule has 0 aliphatic carbocycles. The summed E-state index contributed by atoms with van der Waals surface area (Å²) < 4.78 is 13.1. The topological polar surface area (TPSA) is 62.1 Å². The van der Waals surface area contributed by atoms with Crippen LogP contribution in [0.4, 0.5) is 0 Å². The number of aromatic nitrogens is 4. The first-order valence-corrected chi connectivity index (χ1v) is 10.7. The monoisotopic (exact) mass is 420 g/mol. The van der Waals surface area contributed by atoms with Crippen LogP contribution in [0, 0.1) is 13.8 Å². The van der Waals surface area contributed by atoms with Crippen LogP contribution in [0.5, 0.6) is 5.75 Å². The van der Waals surface area contributed by atoms with Crippen LogP contribution >= 0.6 is 11.3 Å². The molecule has 2 aromatic carbocycles. The maximum atomic E-state index is 5.97. The van der Waals surface area contributed by atoms with Gasteiger partial charge in [-0.1, -0.05) is 36.4 Å². The zero-order chi connectivity index (χ0) is 20.9. The Morgan fingerprint density at radius 3 is 2.60 bits per heavy atom. The second-order valence-electron chi connectivity index (χ2n) is 7.00. The Balaban J connectivity index is 1.59. The molecule has 2 aromatic heterocycles. The Kier molecular flexibility index (Phi) is 6.21. The number of aryl methyl sites for hydroxylation is 2. The molecule has 6 nitrogen and oxygen atoms in total. The Morgan fingerprint density at radius 2 is 1.83 bits per heavy atom. The highest BCUT2D eigenvalue weighted by atomic mass is 32.1. The van der Waals surface area contributed by atoms with Crippen LogP contribution in [0.15, 0.2) is 53.9 Å². The molecule has 0 bridgehead atoms. The summed E-state index contributed by atoms with van der Waals surface area (Å²) in [6.45, 7) is 5.49. The molecule has 0 N–H and O–H groups in total. The fourth-order valence-corrected chi connectivity index (χ4v) is 3.98. The van der Waals surface area contributed by atoms with E-state index in [-0.39, 0.29) is 0 Å². The number of para-hydroxylation sites is 1. The van der Waals surface area contributed by atoms with Crippen LogP contribution in [0.1, 0.15) is 17.1 Å². The summed E-state index contributed by atoms with van der Waals surface area (Å²) >= 11 is 1.64. The number of nitrogens with zero attached hydrogens (tertiary/aromatic N) is 4. The molecule has 7 heteroatoms. The van der Waals surface area contributed by atoms with Gasteiger partial charge in [0, 0.05) is 29.3 Å². The molecule has 30 heavy (non-hydrogen) atoms. The molecular weight excluding hydrogens is 396 g/mol. The van der Waals surface area contributed by atoms with Gasteiger partial charge in [0.1, 0.15) is 24.0 Å². The largest absolute Gasteiger partial charge is 0.491 e. The van der Waals surface area contributed by atoms with Crippen molar-refractivity contribution in [1.29, 1.82) is 0 Å². The number of hydrogen-bond donors (Lipinski definition) is 0. The first-order valence-electron chi connectivity index (χ1n) is 9.78. The Morgan fingerprint density at radius 1 is 1.00 bits per heavy atom. The molecule has 0 aliphatic rings. The summed E-state index contributed by atoms with van der Waals surface area (Å²) in [4.78, 5) is 9.31. The van der Waals surface area contributed by atoms with Gasteiger partial charge in [-0.05, 0) is 31.5 Å². The van der Waals surface area contributed by atoms with E-state index in [0.29, 0.717) is 25.6 Å². The van der Waals surface area contributed by atoms with E-state index in [0.717, 1.165) is 39.0 Å². The zero-order valence-corrected chi connectivity index (χ0v) is 18.1. The zero-order valence-electron chi connectivity index (χ0n) is 17.3. The third-order valence-corrected chi connectivity index (χ3v) is 5.64. The van der Waals surface area contributed by atoms with Crippen LogP contribution in [0.3, 0.4) is 0 Å². The predicted octanol–water partition coefficient (Wildman–Crippen LogP) is 4.91. The minimum Gasteiger partial charge on any atom is -0.491 e. The second-order valence-corrected chi connectivity index (χ2v) is 7.85. The molecule has 0 saturated heterocycles. The first-order chi connectivity index (χ1) is 14.6. The Hall–Kier alpha value is -3.03. The summed E-state index contributed by atoms with van der Waals surface area (Å²) in [7, 11) is 1.65. The van der Waals surface area contributed by atoms with Gasteiger partial charge in [0.15, 0.2) is 11.6 Å². The molecule has 154 valence electrons. The SMILES string of the molecule is COCc1nc(-c2cccc(-c3nc(C)cs3)c2)n(CCOc2ccccc2C)n1. The lowest BCUT2D eigenvalue weighted by Crippen LogP contribution is -2.11. The van der Waals surface area contributed by atoms with Gasteiger partial charge in [-0.2, -0.15) is 5.10 Å². The summed E-state index contributed by atoms with van der Waals surface area (Å²) in [5.41, 5.74) is 4.21. The van der Waals surface area contributed by atoms with Crippen molar-refractivity contribution in [2.75, 3.05) is 13.7 Å². The molecule has 0 radical (unpaired) electrons. The smallest absolute Gasteiger partial charge is 0.176 e. The average molecular weight is 421 g/mol. The predicted molar refractivity (Wildman–Crippen MR) is 119 cm³/mol. The van der Waals surface area contributed by atoms with Crippen LogP contribution in [-0.2, 0) is 17.9 Å². The van der Waals surface area contributed by atoms with E-state index in [4.69, 9.17) is 14.5 Å². The number of rotatable bonds is 8. The number of methoxy groups -OCH3 is 1. The highest BCUT2D eigenvalue weighted by molar-refractivity contribution is 7.13. The number of benzene rings is 2. The quantitative estimate of drug-likeness (QED) is 0.405. The summed E-state index contributed by atoms with van der Waals surface area (Å²) in [6, 6.07) is 16.3. The maximum absolute atomic E-state index is 5.97. The average Bonchev–Trinajstić information content (AvgIpc) is 3.36. The molecular formula is C23H24N4O2S. The van der Waals surface area contributed by atoms with Gasteiger partial charge in [-0.15, -0.1) is 11.3 Å².